The summed E-state index contributed by atoms with van der Waals surface area (Å²) in [5.41, 5.74) is 6.19. The number of rotatable bonds is 8. The first-order chi connectivity index (χ1) is 8.58. The molecular weight excluding hydrogens is 310 g/mol. The molecule has 2 nitrogen and oxygen atoms in total. The van der Waals surface area contributed by atoms with Crippen molar-refractivity contribution in [2.45, 2.75) is 52.2 Å². The molecule has 0 spiro atoms. The van der Waals surface area contributed by atoms with Gasteiger partial charge in [-0.3, -0.25) is 0 Å². The van der Waals surface area contributed by atoms with Crippen molar-refractivity contribution in [1.82, 2.24) is 0 Å². The summed E-state index contributed by atoms with van der Waals surface area (Å²) in [6.45, 7) is 7.35. The van der Waals surface area contributed by atoms with Crippen LogP contribution in [0.3, 0.4) is 0 Å². The van der Waals surface area contributed by atoms with E-state index in [1.54, 1.807) is 11.3 Å². The molecule has 18 heavy (non-hydrogen) atoms. The van der Waals surface area contributed by atoms with Gasteiger partial charge in [0, 0.05) is 10.9 Å². The standard InChI is InChI=1S/C14H24BrNOS/c1-4-6-10(3)9-17-14(11(16)5-2)12-7-8-13(15)18-12/h7-8,10-11,14H,4-6,9,16H2,1-3H3. The Hall–Kier alpha value is 0.1000. The van der Waals surface area contributed by atoms with E-state index >= 15 is 0 Å². The third kappa shape index (κ3) is 5.00. The minimum absolute atomic E-state index is 0.0330. The average molecular weight is 334 g/mol. The summed E-state index contributed by atoms with van der Waals surface area (Å²) in [5, 5.41) is 0. The maximum absolute atomic E-state index is 6.19. The normalized spacial score (nSPS) is 16.5. The van der Waals surface area contributed by atoms with Crippen molar-refractivity contribution in [3.8, 4) is 0 Å². The van der Waals surface area contributed by atoms with Crippen molar-refractivity contribution >= 4 is 27.3 Å². The zero-order chi connectivity index (χ0) is 13.5. The lowest BCUT2D eigenvalue weighted by atomic mass is 10.1. The van der Waals surface area contributed by atoms with E-state index in [1.165, 1.54) is 17.7 Å². The van der Waals surface area contributed by atoms with Gasteiger partial charge in [-0.2, -0.15) is 0 Å². The van der Waals surface area contributed by atoms with Crippen molar-refractivity contribution in [2.75, 3.05) is 6.61 Å². The van der Waals surface area contributed by atoms with Crippen LogP contribution in [0.1, 0.15) is 51.0 Å². The fraction of sp³-hybridized carbons (Fsp3) is 0.714. The number of nitrogens with two attached hydrogens (primary N) is 1. The molecule has 0 bridgehead atoms. The van der Waals surface area contributed by atoms with Gasteiger partial charge in [-0.25, -0.2) is 0 Å². The molecule has 1 heterocycles. The monoisotopic (exact) mass is 333 g/mol. The molecule has 0 saturated heterocycles. The maximum Gasteiger partial charge on any atom is 0.107 e. The topological polar surface area (TPSA) is 35.2 Å². The zero-order valence-corrected chi connectivity index (χ0v) is 13.9. The summed E-state index contributed by atoms with van der Waals surface area (Å²) in [5.74, 6) is 0.602. The molecule has 0 radical (unpaired) electrons. The predicted octanol–water partition coefficient (Wildman–Crippen LogP) is 4.74. The van der Waals surface area contributed by atoms with Crippen LogP contribution in [-0.4, -0.2) is 12.6 Å². The smallest absolute Gasteiger partial charge is 0.107 e. The Labute approximate surface area is 123 Å². The van der Waals surface area contributed by atoms with Gasteiger partial charge in [-0.1, -0.05) is 27.2 Å². The Morgan fingerprint density at radius 1 is 1.39 bits per heavy atom. The van der Waals surface area contributed by atoms with Crippen molar-refractivity contribution < 1.29 is 4.74 Å². The lowest BCUT2D eigenvalue weighted by molar-refractivity contribution is 0.0153. The molecule has 0 fully saturated rings. The molecule has 0 aliphatic rings. The molecule has 104 valence electrons. The van der Waals surface area contributed by atoms with Crippen LogP contribution >= 0.6 is 27.3 Å². The summed E-state index contributed by atoms with van der Waals surface area (Å²) in [6, 6.07) is 4.25. The number of thiophene rings is 1. The van der Waals surface area contributed by atoms with E-state index in [0.29, 0.717) is 5.92 Å². The summed E-state index contributed by atoms with van der Waals surface area (Å²) in [4.78, 5) is 1.22. The van der Waals surface area contributed by atoms with Crippen LogP contribution < -0.4 is 5.73 Å². The predicted molar refractivity (Wildman–Crippen MR) is 83.1 cm³/mol. The molecular formula is C14H24BrNOS. The van der Waals surface area contributed by atoms with E-state index in [1.807, 2.05) is 0 Å². The van der Waals surface area contributed by atoms with Crippen LogP contribution in [0.15, 0.2) is 15.9 Å². The highest BCUT2D eigenvalue weighted by Gasteiger charge is 2.21. The van der Waals surface area contributed by atoms with E-state index < -0.39 is 0 Å². The first-order valence-corrected chi connectivity index (χ1v) is 8.31. The van der Waals surface area contributed by atoms with E-state index in [-0.39, 0.29) is 12.1 Å². The third-order valence-electron chi connectivity index (χ3n) is 3.08. The Balaban J connectivity index is 2.62. The van der Waals surface area contributed by atoms with Gasteiger partial charge < -0.3 is 10.5 Å². The molecule has 2 N–H and O–H groups in total. The second kappa shape index (κ2) is 8.31. The largest absolute Gasteiger partial charge is 0.371 e. The minimum Gasteiger partial charge on any atom is -0.371 e. The highest BCUT2D eigenvalue weighted by Crippen LogP contribution is 2.32. The van der Waals surface area contributed by atoms with Gasteiger partial charge in [0.05, 0.1) is 10.4 Å². The highest BCUT2D eigenvalue weighted by molar-refractivity contribution is 9.11. The molecule has 4 heteroatoms. The maximum atomic E-state index is 6.19. The quantitative estimate of drug-likeness (QED) is 0.745. The zero-order valence-electron chi connectivity index (χ0n) is 11.5. The minimum atomic E-state index is 0.0330. The molecule has 3 unspecified atom stereocenters. The van der Waals surface area contributed by atoms with E-state index in [2.05, 4.69) is 48.8 Å². The molecule has 0 amide bonds. The van der Waals surface area contributed by atoms with Crippen molar-refractivity contribution in [3.05, 3.63) is 20.8 Å². The fourth-order valence-electron chi connectivity index (χ4n) is 1.96. The van der Waals surface area contributed by atoms with Gasteiger partial charge >= 0.3 is 0 Å². The molecule has 1 aromatic heterocycles. The molecule has 0 aliphatic heterocycles. The summed E-state index contributed by atoms with van der Waals surface area (Å²) in [6.07, 6.45) is 3.38. The van der Waals surface area contributed by atoms with Crippen LogP contribution in [0, 0.1) is 5.92 Å². The summed E-state index contributed by atoms with van der Waals surface area (Å²) in [7, 11) is 0. The van der Waals surface area contributed by atoms with Crippen LogP contribution in [0.4, 0.5) is 0 Å². The van der Waals surface area contributed by atoms with Crippen LogP contribution in [0.2, 0.25) is 0 Å². The molecule has 1 aromatic rings. The second-order valence-corrected chi connectivity index (χ2v) is 7.36. The number of halogens is 1. The first kappa shape index (κ1) is 16.2. The highest BCUT2D eigenvalue weighted by atomic mass is 79.9. The van der Waals surface area contributed by atoms with Crippen molar-refractivity contribution in [3.63, 3.8) is 0 Å². The van der Waals surface area contributed by atoms with Gasteiger partial charge in [-0.15, -0.1) is 11.3 Å². The van der Waals surface area contributed by atoms with Crippen molar-refractivity contribution in [2.24, 2.45) is 11.7 Å². The van der Waals surface area contributed by atoms with Crippen molar-refractivity contribution in [1.29, 1.82) is 0 Å². The summed E-state index contributed by atoms with van der Waals surface area (Å²) >= 11 is 5.21. The summed E-state index contributed by atoms with van der Waals surface area (Å²) < 4.78 is 7.21. The van der Waals surface area contributed by atoms with Gasteiger partial charge in [-0.05, 0) is 46.8 Å². The third-order valence-corrected chi connectivity index (χ3v) is 4.76. The van der Waals surface area contributed by atoms with Crippen LogP contribution in [-0.2, 0) is 4.74 Å². The number of ether oxygens (including phenoxy) is 1. The SMILES string of the molecule is CCCC(C)COC(c1ccc(Br)s1)C(N)CC. The van der Waals surface area contributed by atoms with Gasteiger partial charge in [0.25, 0.3) is 0 Å². The second-order valence-electron chi connectivity index (χ2n) is 4.86. The molecule has 0 aromatic carbocycles. The van der Waals surface area contributed by atoms with E-state index in [4.69, 9.17) is 10.5 Å². The first-order valence-electron chi connectivity index (χ1n) is 6.70. The molecule has 0 aliphatic carbocycles. The van der Waals surface area contributed by atoms with E-state index in [0.717, 1.165) is 16.8 Å². The molecule has 3 atom stereocenters. The van der Waals surface area contributed by atoms with Crippen LogP contribution in [0.5, 0.6) is 0 Å². The lowest BCUT2D eigenvalue weighted by Gasteiger charge is -2.24. The van der Waals surface area contributed by atoms with Crippen LogP contribution in [0.25, 0.3) is 0 Å². The van der Waals surface area contributed by atoms with Gasteiger partial charge in [0.1, 0.15) is 6.10 Å². The molecule has 0 saturated carbocycles. The Kier molecular flexibility index (Phi) is 7.46. The Morgan fingerprint density at radius 3 is 2.61 bits per heavy atom. The van der Waals surface area contributed by atoms with Gasteiger partial charge in [0.15, 0.2) is 0 Å². The lowest BCUT2D eigenvalue weighted by Crippen LogP contribution is -2.30. The average Bonchev–Trinajstić information content (AvgIpc) is 2.76. The van der Waals surface area contributed by atoms with Gasteiger partial charge in [0.2, 0.25) is 0 Å². The number of hydrogen-bond acceptors (Lipinski definition) is 3. The fourth-order valence-corrected chi connectivity index (χ4v) is 3.51. The Bertz CT molecular complexity index is 342. The number of hydrogen-bond donors (Lipinski definition) is 1. The van der Waals surface area contributed by atoms with E-state index in [9.17, 15) is 0 Å². The molecule has 1 rings (SSSR count). The Morgan fingerprint density at radius 2 is 2.11 bits per heavy atom.